The van der Waals surface area contributed by atoms with Gasteiger partial charge in [0.1, 0.15) is 6.42 Å². The van der Waals surface area contributed by atoms with Crippen molar-refractivity contribution in [2.24, 2.45) is 11.8 Å². The van der Waals surface area contributed by atoms with Crippen molar-refractivity contribution in [3.05, 3.63) is 11.6 Å². The molecule has 7 heteroatoms. The van der Waals surface area contributed by atoms with Crippen LogP contribution in [0.15, 0.2) is 11.6 Å². The van der Waals surface area contributed by atoms with Gasteiger partial charge in [0, 0.05) is 11.6 Å². The zero-order chi connectivity index (χ0) is 13.7. The average Bonchev–Trinajstić information content (AvgIpc) is 2.76. The largest absolute Gasteiger partial charge is 0.372 e. The van der Waals surface area contributed by atoms with Gasteiger partial charge in [0.2, 0.25) is 11.8 Å². The lowest BCUT2D eigenvalue weighted by atomic mass is 9.95. The molecule has 106 valence electrons. The van der Waals surface area contributed by atoms with Crippen molar-refractivity contribution < 1.29 is 14.3 Å². The predicted molar refractivity (Wildman–Crippen MR) is 72.2 cm³/mol. The number of rotatable bonds is 4. The molecule has 0 aromatic carbocycles. The summed E-state index contributed by atoms with van der Waals surface area (Å²) in [4.78, 5) is 27.5. The second kappa shape index (κ2) is 4.53. The van der Waals surface area contributed by atoms with Crippen LogP contribution < -0.4 is 10.6 Å². The highest BCUT2D eigenvalue weighted by Gasteiger charge is 2.62. The van der Waals surface area contributed by atoms with Crippen LogP contribution in [-0.2, 0) is 14.3 Å². The van der Waals surface area contributed by atoms with E-state index in [2.05, 4.69) is 15.6 Å². The SMILES string of the molecule is O=C(CC(=O)N[C@@H]1C[C@@H]2O[C@H]1[C@H]1C[C@H]12)Nc1nccs1. The number of aromatic nitrogens is 1. The van der Waals surface area contributed by atoms with E-state index in [1.807, 2.05) is 0 Å². The number of fused-ring (bicyclic) bond motifs is 5. The van der Waals surface area contributed by atoms with Crippen LogP contribution in [0.3, 0.4) is 0 Å². The standard InChI is InChI=1S/C13H15N3O3S/c17-10(5-11(18)16-13-14-1-2-20-13)15-8-4-9-6-3-7(6)12(8)19-9/h1-2,6-9,12H,3-5H2,(H,15,17)(H,14,16,18)/t6-,7+,8-,9+,12+/m1/s1. The molecule has 3 heterocycles. The topological polar surface area (TPSA) is 80.3 Å². The first kappa shape index (κ1) is 12.3. The Hall–Kier alpha value is -1.47. The predicted octanol–water partition coefficient (Wildman–Crippen LogP) is 0.764. The molecule has 1 saturated carbocycles. The Morgan fingerprint density at radius 1 is 1.35 bits per heavy atom. The lowest BCUT2D eigenvalue weighted by Crippen LogP contribution is -2.43. The van der Waals surface area contributed by atoms with Crippen LogP contribution in [0.4, 0.5) is 5.13 Å². The van der Waals surface area contributed by atoms with E-state index in [9.17, 15) is 9.59 Å². The number of hydrogen-bond donors (Lipinski definition) is 2. The minimum absolute atomic E-state index is 0.0870. The fourth-order valence-electron chi connectivity index (χ4n) is 3.45. The molecule has 0 unspecified atom stereocenters. The molecule has 3 fully saturated rings. The minimum Gasteiger partial charge on any atom is -0.372 e. The normalized spacial score (nSPS) is 36.5. The molecule has 0 spiro atoms. The van der Waals surface area contributed by atoms with E-state index < -0.39 is 0 Å². The maximum absolute atomic E-state index is 11.9. The van der Waals surface area contributed by atoms with Crippen molar-refractivity contribution in [3.63, 3.8) is 0 Å². The van der Waals surface area contributed by atoms with Crippen LogP contribution in [0.5, 0.6) is 0 Å². The van der Waals surface area contributed by atoms with E-state index in [1.165, 1.54) is 17.8 Å². The van der Waals surface area contributed by atoms with Gasteiger partial charge in [-0.25, -0.2) is 4.98 Å². The summed E-state index contributed by atoms with van der Waals surface area (Å²) < 4.78 is 5.81. The molecule has 20 heavy (non-hydrogen) atoms. The first-order valence-electron chi connectivity index (χ1n) is 6.85. The van der Waals surface area contributed by atoms with Crippen molar-refractivity contribution in [1.82, 2.24) is 10.3 Å². The molecule has 2 bridgehead atoms. The number of anilines is 1. The quantitative estimate of drug-likeness (QED) is 0.803. The lowest BCUT2D eigenvalue weighted by molar-refractivity contribution is -0.127. The molecule has 2 N–H and O–H groups in total. The molecule has 1 aliphatic carbocycles. The van der Waals surface area contributed by atoms with Crippen LogP contribution in [0.1, 0.15) is 19.3 Å². The number of ether oxygens (including phenoxy) is 1. The maximum atomic E-state index is 11.9. The van der Waals surface area contributed by atoms with Crippen LogP contribution in [0.25, 0.3) is 0 Å². The fourth-order valence-corrected chi connectivity index (χ4v) is 3.99. The van der Waals surface area contributed by atoms with E-state index in [0.29, 0.717) is 17.2 Å². The van der Waals surface area contributed by atoms with Gasteiger partial charge in [0.05, 0.1) is 18.2 Å². The van der Waals surface area contributed by atoms with Gasteiger partial charge >= 0.3 is 0 Å². The van der Waals surface area contributed by atoms with Crippen LogP contribution >= 0.6 is 11.3 Å². The van der Waals surface area contributed by atoms with Gasteiger partial charge in [-0.2, -0.15) is 0 Å². The average molecular weight is 293 g/mol. The van der Waals surface area contributed by atoms with E-state index in [1.54, 1.807) is 11.6 Å². The van der Waals surface area contributed by atoms with Gasteiger partial charge in [0.25, 0.3) is 0 Å². The molecular weight excluding hydrogens is 278 g/mol. The van der Waals surface area contributed by atoms with Crippen molar-refractivity contribution in [3.8, 4) is 0 Å². The Labute approximate surface area is 119 Å². The Bertz CT molecular complexity index is 547. The second-order valence-corrected chi connectivity index (χ2v) is 6.57. The number of nitrogens with one attached hydrogen (secondary N) is 2. The van der Waals surface area contributed by atoms with Crippen LogP contribution in [-0.4, -0.2) is 35.0 Å². The zero-order valence-corrected chi connectivity index (χ0v) is 11.6. The highest BCUT2D eigenvalue weighted by molar-refractivity contribution is 7.13. The number of thiazole rings is 1. The summed E-state index contributed by atoms with van der Waals surface area (Å²) in [6.07, 6.45) is 4.09. The molecule has 6 nitrogen and oxygen atoms in total. The van der Waals surface area contributed by atoms with Gasteiger partial charge in [0.15, 0.2) is 5.13 Å². The summed E-state index contributed by atoms with van der Waals surface area (Å²) in [5.74, 6) is 0.813. The van der Waals surface area contributed by atoms with Gasteiger partial charge in [-0.1, -0.05) is 0 Å². The molecule has 4 rings (SSSR count). The monoisotopic (exact) mass is 293 g/mol. The van der Waals surface area contributed by atoms with E-state index >= 15 is 0 Å². The molecule has 1 aromatic heterocycles. The Morgan fingerprint density at radius 2 is 2.25 bits per heavy atom. The third-order valence-corrected chi connectivity index (χ3v) is 5.04. The Kier molecular flexibility index (Phi) is 2.78. The van der Waals surface area contributed by atoms with Crippen molar-refractivity contribution in [2.75, 3.05) is 5.32 Å². The number of amides is 2. The lowest BCUT2D eigenvalue weighted by Gasteiger charge is -2.19. The number of carbonyl (C=O) groups is 2. The Morgan fingerprint density at radius 3 is 2.95 bits per heavy atom. The fraction of sp³-hybridized carbons (Fsp3) is 0.615. The van der Waals surface area contributed by atoms with Crippen molar-refractivity contribution >= 4 is 28.3 Å². The van der Waals surface area contributed by atoms with Gasteiger partial charge in [-0.05, 0) is 24.7 Å². The third-order valence-electron chi connectivity index (χ3n) is 4.35. The van der Waals surface area contributed by atoms with E-state index in [0.717, 1.165) is 12.3 Å². The molecular formula is C13H15N3O3S. The zero-order valence-electron chi connectivity index (χ0n) is 10.7. The summed E-state index contributed by atoms with van der Waals surface area (Å²) in [6, 6.07) is 0.0870. The molecule has 2 aliphatic heterocycles. The molecule has 0 radical (unpaired) electrons. The maximum Gasteiger partial charge on any atom is 0.235 e. The number of hydrogen-bond acceptors (Lipinski definition) is 5. The molecule has 3 aliphatic rings. The molecule has 5 atom stereocenters. The smallest absolute Gasteiger partial charge is 0.235 e. The molecule has 2 saturated heterocycles. The summed E-state index contributed by atoms with van der Waals surface area (Å²) in [5.41, 5.74) is 0. The minimum atomic E-state index is -0.328. The highest BCUT2D eigenvalue weighted by Crippen LogP contribution is 2.58. The van der Waals surface area contributed by atoms with Gasteiger partial charge < -0.3 is 15.4 Å². The van der Waals surface area contributed by atoms with E-state index in [-0.39, 0.29) is 30.4 Å². The van der Waals surface area contributed by atoms with Gasteiger partial charge in [-0.3, -0.25) is 9.59 Å². The van der Waals surface area contributed by atoms with Crippen LogP contribution in [0.2, 0.25) is 0 Å². The summed E-state index contributed by atoms with van der Waals surface area (Å²) in [7, 11) is 0. The number of carbonyl (C=O) groups excluding carboxylic acids is 2. The summed E-state index contributed by atoms with van der Waals surface area (Å²) >= 11 is 1.33. The van der Waals surface area contributed by atoms with Crippen molar-refractivity contribution in [1.29, 1.82) is 0 Å². The molecule has 2 amide bonds. The Balaban J connectivity index is 1.27. The first-order chi connectivity index (χ1) is 9.70. The first-order valence-corrected chi connectivity index (χ1v) is 7.73. The highest BCUT2D eigenvalue weighted by atomic mass is 32.1. The summed E-state index contributed by atoms with van der Waals surface area (Å²) in [5, 5.41) is 7.83. The second-order valence-electron chi connectivity index (χ2n) is 5.67. The summed E-state index contributed by atoms with van der Waals surface area (Å²) in [6.45, 7) is 0. The number of nitrogens with zero attached hydrogens (tertiary/aromatic N) is 1. The van der Waals surface area contributed by atoms with Gasteiger partial charge in [-0.15, -0.1) is 11.3 Å². The molecule has 1 aromatic rings. The van der Waals surface area contributed by atoms with Crippen LogP contribution in [0, 0.1) is 11.8 Å². The van der Waals surface area contributed by atoms with E-state index in [4.69, 9.17) is 4.74 Å². The third kappa shape index (κ3) is 2.10. The van der Waals surface area contributed by atoms with Crippen molar-refractivity contribution in [2.45, 2.75) is 37.5 Å².